The third-order valence-electron chi connectivity index (χ3n) is 7.12. The first-order valence-corrected chi connectivity index (χ1v) is 12.7. The summed E-state index contributed by atoms with van der Waals surface area (Å²) >= 11 is 0. The second-order valence-corrected chi connectivity index (χ2v) is 9.55. The van der Waals surface area contributed by atoms with E-state index in [1.54, 1.807) is 24.3 Å². The molecule has 1 fully saturated rings. The van der Waals surface area contributed by atoms with Crippen LogP contribution in [0, 0.1) is 0 Å². The number of aliphatic hydroxyl groups excluding tert-OH is 1. The zero-order chi connectivity index (χ0) is 26.1. The Labute approximate surface area is 216 Å². The zero-order valence-electron chi connectivity index (χ0n) is 21.0. The normalized spacial score (nSPS) is 18.5. The van der Waals surface area contributed by atoms with Crippen LogP contribution in [0.5, 0.6) is 5.75 Å². The second-order valence-electron chi connectivity index (χ2n) is 9.55. The highest BCUT2D eigenvalue weighted by molar-refractivity contribution is 6.51. The summed E-state index contributed by atoms with van der Waals surface area (Å²) < 4.78 is 5.28. The molecule has 1 aliphatic carbocycles. The number of carbonyl (C=O) groups is 3. The van der Waals surface area contributed by atoms with Gasteiger partial charge in [0.1, 0.15) is 11.5 Å². The fourth-order valence-corrected chi connectivity index (χ4v) is 5.26. The van der Waals surface area contributed by atoms with Gasteiger partial charge in [-0.3, -0.25) is 19.3 Å². The zero-order valence-corrected chi connectivity index (χ0v) is 21.0. The summed E-state index contributed by atoms with van der Waals surface area (Å²) in [6, 6.07) is 19.0. The number of ketones is 1. The Balaban J connectivity index is 1.68. The van der Waals surface area contributed by atoms with E-state index in [9.17, 15) is 19.5 Å². The SMILES string of the molecule is CCc1ccc(N2C(=O)C(=O)/C(=C(\O)c3ccc4c(c3)CCCC4)C2c2cccc(OC(C)=O)c2)cc1. The van der Waals surface area contributed by atoms with Gasteiger partial charge in [0, 0.05) is 18.2 Å². The van der Waals surface area contributed by atoms with E-state index in [0.717, 1.165) is 43.2 Å². The first-order chi connectivity index (χ1) is 17.9. The van der Waals surface area contributed by atoms with Crippen molar-refractivity contribution in [3.8, 4) is 5.75 Å². The highest BCUT2D eigenvalue weighted by Gasteiger charge is 2.47. The molecule has 0 radical (unpaired) electrons. The van der Waals surface area contributed by atoms with Gasteiger partial charge in [-0.1, -0.05) is 43.3 Å². The molecule has 6 heteroatoms. The monoisotopic (exact) mass is 495 g/mol. The smallest absolute Gasteiger partial charge is 0.308 e. The number of fused-ring (bicyclic) bond motifs is 1. The van der Waals surface area contributed by atoms with Crippen LogP contribution in [-0.4, -0.2) is 22.8 Å². The predicted molar refractivity (Wildman–Crippen MR) is 141 cm³/mol. The van der Waals surface area contributed by atoms with E-state index in [2.05, 4.69) is 0 Å². The molecule has 5 rings (SSSR count). The van der Waals surface area contributed by atoms with E-state index >= 15 is 0 Å². The summed E-state index contributed by atoms with van der Waals surface area (Å²) in [6.45, 7) is 3.35. The highest BCUT2D eigenvalue weighted by Crippen LogP contribution is 2.43. The molecule has 1 aliphatic heterocycles. The molecule has 6 nitrogen and oxygen atoms in total. The largest absolute Gasteiger partial charge is 0.507 e. The highest BCUT2D eigenvalue weighted by atomic mass is 16.5. The molecular weight excluding hydrogens is 466 g/mol. The summed E-state index contributed by atoms with van der Waals surface area (Å²) in [5.41, 5.74) is 5.14. The van der Waals surface area contributed by atoms with Crippen LogP contribution in [0.2, 0.25) is 0 Å². The molecule has 188 valence electrons. The average molecular weight is 496 g/mol. The van der Waals surface area contributed by atoms with Crippen molar-refractivity contribution in [3.05, 3.63) is 100 Å². The molecule has 2 aliphatic rings. The lowest BCUT2D eigenvalue weighted by atomic mass is 9.88. The van der Waals surface area contributed by atoms with Gasteiger partial charge < -0.3 is 9.84 Å². The Morgan fingerprint density at radius 2 is 1.70 bits per heavy atom. The van der Waals surface area contributed by atoms with Crippen molar-refractivity contribution in [2.24, 2.45) is 0 Å². The van der Waals surface area contributed by atoms with Crippen LogP contribution in [0.3, 0.4) is 0 Å². The lowest BCUT2D eigenvalue weighted by Crippen LogP contribution is -2.29. The molecule has 0 bridgehead atoms. The molecule has 1 amide bonds. The standard InChI is InChI=1S/C31H29NO5/c1-3-20-11-15-25(16-12-20)32-28(23-9-6-10-26(18-23)37-19(2)33)27(30(35)31(32)36)29(34)24-14-13-21-7-4-5-8-22(21)17-24/h6,9-18,28,34H,3-5,7-8H2,1-2H3/b29-27-. The van der Waals surface area contributed by atoms with Gasteiger partial charge in [-0.15, -0.1) is 0 Å². The molecule has 1 saturated heterocycles. The predicted octanol–water partition coefficient (Wildman–Crippen LogP) is 5.68. The summed E-state index contributed by atoms with van der Waals surface area (Å²) in [6.07, 6.45) is 4.97. The number of hydrogen-bond donors (Lipinski definition) is 1. The Morgan fingerprint density at radius 1 is 0.973 bits per heavy atom. The molecule has 1 heterocycles. The van der Waals surface area contributed by atoms with Crippen molar-refractivity contribution in [1.82, 2.24) is 0 Å². The lowest BCUT2D eigenvalue weighted by molar-refractivity contribution is -0.132. The minimum Gasteiger partial charge on any atom is -0.507 e. The van der Waals surface area contributed by atoms with Crippen LogP contribution in [0.25, 0.3) is 5.76 Å². The van der Waals surface area contributed by atoms with E-state index in [1.807, 2.05) is 49.4 Å². The molecule has 3 aromatic carbocycles. The number of esters is 1. The summed E-state index contributed by atoms with van der Waals surface area (Å²) in [5.74, 6) is -1.85. The van der Waals surface area contributed by atoms with Gasteiger partial charge in [0.15, 0.2) is 0 Å². The Hall–Kier alpha value is -4.19. The molecule has 37 heavy (non-hydrogen) atoms. The first kappa shape index (κ1) is 24.5. The van der Waals surface area contributed by atoms with Crippen LogP contribution in [0.4, 0.5) is 5.69 Å². The van der Waals surface area contributed by atoms with Crippen molar-refractivity contribution < 1.29 is 24.2 Å². The third-order valence-corrected chi connectivity index (χ3v) is 7.12. The number of carbonyl (C=O) groups excluding carboxylic acids is 3. The number of aryl methyl sites for hydroxylation is 3. The number of ether oxygens (including phenoxy) is 1. The van der Waals surface area contributed by atoms with Crippen molar-refractivity contribution in [2.75, 3.05) is 4.90 Å². The van der Waals surface area contributed by atoms with E-state index in [4.69, 9.17) is 4.74 Å². The molecule has 1 unspecified atom stereocenters. The van der Waals surface area contributed by atoms with Crippen LogP contribution in [0.1, 0.15) is 60.5 Å². The minimum atomic E-state index is -0.890. The van der Waals surface area contributed by atoms with E-state index in [1.165, 1.54) is 17.4 Å². The maximum atomic E-state index is 13.5. The number of amides is 1. The van der Waals surface area contributed by atoms with Crippen molar-refractivity contribution in [2.45, 2.75) is 52.0 Å². The number of rotatable bonds is 5. The Bertz CT molecular complexity index is 1420. The number of hydrogen-bond acceptors (Lipinski definition) is 5. The van der Waals surface area contributed by atoms with E-state index in [-0.39, 0.29) is 11.3 Å². The molecule has 0 saturated carbocycles. The minimum absolute atomic E-state index is 0.0142. The van der Waals surface area contributed by atoms with Gasteiger partial charge >= 0.3 is 5.97 Å². The Morgan fingerprint density at radius 3 is 2.41 bits per heavy atom. The lowest BCUT2D eigenvalue weighted by Gasteiger charge is -2.26. The molecular formula is C31H29NO5. The molecule has 3 aromatic rings. The first-order valence-electron chi connectivity index (χ1n) is 12.7. The third kappa shape index (κ3) is 4.67. The van der Waals surface area contributed by atoms with Crippen molar-refractivity contribution >= 4 is 29.1 Å². The Kier molecular flexibility index (Phi) is 6.66. The van der Waals surface area contributed by atoms with Crippen LogP contribution >= 0.6 is 0 Å². The topological polar surface area (TPSA) is 83.9 Å². The molecule has 1 N–H and O–H groups in total. The summed E-state index contributed by atoms with van der Waals surface area (Å²) in [4.78, 5) is 39.9. The fraction of sp³-hybridized carbons (Fsp3) is 0.258. The number of aliphatic hydroxyl groups is 1. The van der Waals surface area contributed by atoms with Gasteiger partial charge in [-0.25, -0.2) is 0 Å². The maximum Gasteiger partial charge on any atom is 0.308 e. The van der Waals surface area contributed by atoms with E-state index in [0.29, 0.717) is 22.6 Å². The van der Waals surface area contributed by atoms with Gasteiger partial charge in [0.2, 0.25) is 0 Å². The number of anilines is 1. The molecule has 1 atom stereocenters. The van der Waals surface area contributed by atoms with Gasteiger partial charge in [0.25, 0.3) is 11.7 Å². The van der Waals surface area contributed by atoms with Gasteiger partial charge in [-0.2, -0.15) is 0 Å². The van der Waals surface area contributed by atoms with Crippen molar-refractivity contribution in [3.63, 3.8) is 0 Å². The second kappa shape index (κ2) is 10.1. The van der Waals surface area contributed by atoms with Gasteiger partial charge in [-0.05, 0) is 84.7 Å². The van der Waals surface area contributed by atoms with E-state index < -0.39 is 23.7 Å². The molecule has 0 aromatic heterocycles. The molecule has 0 spiro atoms. The number of Topliss-reactive ketones (excluding diaryl/α,β-unsaturated/α-hetero) is 1. The van der Waals surface area contributed by atoms with Gasteiger partial charge in [0.05, 0.1) is 11.6 Å². The number of nitrogens with zero attached hydrogens (tertiary/aromatic N) is 1. The maximum absolute atomic E-state index is 13.5. The summed E-state index contributed by atoms with van der Waals surface area (Å²) in [7, 11) is 0. The quantitative estimate of drug-likeness (QED) is 0.162. The average Bonchev–Trinajstić information content (AvgIpc) is 3.18. The van der Waals surface area contributed by atoms with Crippen LogP contribution in [0.15, 0.2) is 72.3 Å². The van der Waals surface area contributed by atoms with Crippen molar-refractivity contribution in [1.29, 1.82) is 0 Å². The number of benzene rings is 3. The van der Waals surface area contributed by atoms with Crippen LogP contribution in [-0.2, 0) is 33.6 Å². The summed E-state index contributed by atoms with van der Waals surface area (Å²) in [5, 5.41) is 11.5. The fourth-order valence-electron chi connectivity index (χ4n) is 5.26. The van der Waals surface area contributed by atoms with Crippen LogP contribution < -0.4 is 9.64 Å².